The van der Waals surface area contributed by atoms with Gasteiger partial charge in [-0.1, -0.05) is 78.9 Å². The lowest BCUT2D eigenvalue weighted by atomic mass is 9.47. The number of primary amides is 1. The second-order valence-corrected chi connectivity index (χ2v) is 16.7. The van der Waals surface area contributed by atoms with E-state index in [2.05, 4.69) is 51.3 Å². The fraction of sp³-hybridized carbons (Fsp3) is 0.872. The van der Waals surface area contributed by atoms with Gasteiger partial charge in [-0.25, -0.2) is 4.79 Å². The molecular formula is C39H67N3O4. The van der Waals surface area contributed by atoms with Crippen molar-refractivity contribution in [3.05, 3.63) is 11.6 Å². The number of alkyl carbamates (subject to hydrolysis) is 1. The van der Waals surface area contributed by atoms with E-state index in [0.29, 0.717) is 31.3 Å². The van der Waals surface area contributed by atoms with Crippen LogP contribution in [0, 0.1) is 52.3 Å². The molecule has 7 heteroatoms. The minimum Gasteiger partial charge on any atom is -0.446 e. The van der Waals surface area contributed by atoms with Crippen molar-refractivity contribution in [3.8, 4) is 0 Å². The molecule has 9 atom stereocenters. The van der Waals surface area contributed by atoms with Crippen LogP contribution < -0.4 is 16.4 Å². The first-order valence-corrected chi connectivity index (χ1v) is 19.0. The van der Waals surface area contributed by atoms with Gasteiger partial charge in [0.15, 0.2) is 0 Å². The maximum atomic E-state index is 12.6. The van der Waals surface area contributed by atoms with E-state index < -0.39 is 0 Å². The molecular weight excluding hydrogens is 574 g/mol. The van der Waals surface area contributed by atoms with Gasteiger partial charge in [0.25, 0.3) is 0 Å². The van der Waals surface area contributed by atoms with E-state index >= 15 is 0 Å². The first-order chi connectivity index (χ1) is 21.8. The van der Waals surface area contributed by atoms with Gasteiger partial charge in [-0.15, -0.1) is 0 Å². The molecule has 46 heavy (non-hydrogen) atoms. The molecule has 0 heterocycles. The lowest BCUT2D eigenvalue weighted by molar-refractivity contribution is -0.122. The minimum absolute atomic E-state index is 0.0143. The SMILES string of the molecule is CC(C)CCC[C@@H](C)C1CCC2[C@@H]3CC=C4CC(OC(=O)NCCCC(=O)NCCCC[C@@H](C)C(N)=O)CCC4(C)C3CCC21C. The molecule has 0 bridgehead atoms. The maximum Gasteiger partial charge on any atom is 0.407 e. The Balaban J connectivity index is 1.18. The van der Waals surface area contributed by atoms with Crippen LogP contribution in [0.2, 0.25) is 0 Å². The first kappa shape index (κ1) is 36.8. The topological polar surface area (TPSA) is 111 Å². The molecule has 7 nitrogen and oxygen atoms in total. The minimum atomic E-state index is -0.361. The van der Waals surface area contributed by atoms with Crippen molar-refractivity contribution in [2.75, 3.05) is 13.1 Å². The lowest BCUT2D eigenvalue weighted by Gasteiger charge is -2.58. The Kier molecular flexibility index (Phi) is 13.1. The Labute approximate surface area is 280 Å². The van der Waals surface area contributed by atoms with E-state index in [-0.39, 0.29) is 35.3 Å². The molecule has 4 aliphatic carbocycles. The van der Waals surface area contributed by atoms with Crippen molar-refractivity contribution in [2.24, 2.45) is 58.0 Å². The van der Waals surface area contributed by atoms with Crippen molar-refractivity contribution in [2.45, 2.75) is 150 Å². The second-order valence-electron chi connectivity index (χ2n) is 16.7. The van der Waals surface area contributed by atoms with Gasteiger partial charge in [0, 0.05) is 31.8 Å². The summed E-state index contributed by atoms with van der Waals surface area (Å²) < 4.78 is 5.90. The second kappa shape index (κ2) is 16.4. The van der Waals surface area contributed by atoms with Gasteiger partial charge in [-0.2, -0.15) is 0 Å². The van der Waals surface area contributed by atoms with Crippen LogP contribution in [0.1, 0.15) is 144 Å². The van der Waals surface area contributed by atoms with E-state index in [1.165, 1.54) is 51.4 Å². The van der Waals surface area contributed by atoms with Crippen LogP contribution in [0.4, 0.5) is 4.79 Å². The van der Waals surface area contributed by atoms with E-state index in [0.717, 1.165) is 74.0 Å². The molecule has 3 saturated carbocycles. The number of carbonyl (C=O) groups excluding carboxylic acids is 3. The summed E-state index contributed by atoms with van der Waals surface area (Å²) in [4.78, 5) is 35.9. The number of ether oxygens (including phenoxy) is 1. The van der Waals surface area contributed by atoms with Gasteiger partial charge in [0.2, 0.25) is 11.8 Å². The van der Waals surface area contributed by atoms with E-state index in [9.17, 15) is 14.4 Å². The van der Waals surface area contributed by atoms with Crippen LogP contribution in [-0.4, -0.2) is 37.1 Å². The summed E-state index contributed by atoms with van der Waals surface area (Å²) in [6.45, 7) is 15.3. The average Bonchev–Trinajstić information content (AvgIpc) is 3.36. The number of amides is 3. The van der Waals surface area contributed by atoms with E-state index in [4.69, 9.17) is 10.5 Å². The van der Waals surface area contributed by atoms with Gasteiger partial charge in [0.1, 0.15) is 6.10 Å². The third-order valence-electron chi connectivity index (χ3n) is 13.3. The zero-order chi connectivity index (χ0) is 33.5. The van der Waals surface area contributed by atoms with E-state index in [1.54, 1.807) is 5.57 Å². The van der Waals surface area contributed by atoms with Crippen LogP contribution >= 0.6 is 0 Å². The zero-order valence-corrected chi connectivity index (χ0v) is 30.1. The molecule has 4 rings (SSSR count). The van der Waals surface area contributed by atoms with Gasteiger partial charge >= 0.3 is 6.09 Å². The van der Waals surface area contributed by atoms with Crippen molar-refractivity contribution >= 4 is 17.9 Å². The zero-order valence-electron chi connectivity index (χ0n) is 30.1. The summed E-state index contributed by atoms with van der Waals surface area (Å²) in [5, 5.41) is 5.78. The molecule has 0 spiro atoms. The van der Waals surface area contributed by atoms with Crippen LogP contribution in [-0.2, 0) is 14.3 Å². The van der Waals surface area contributed by atoms with Crippen LogP contribution in [0.25, 0.3) is 0 Å². The van der Waals surface area contributed by atoms with Gasteiger partial charge < -0.3 is 21.1 Å². The number of allylic oxidation sites excluding steroid dienone is 1. The summed E-state index contributed by atoms with van der Waals surface area (Å²) in [7, 11) is 0. The number of fused-ring (bicyclic) bond motifs is 5. The molecule has 262 valence electrons. The number of hydrogen-bond donors (Lipinski definition) is 3. The van der Waals surface area contributed by atoms with Crippen LogP contribution in [0.3, 0.4) is 0 Å². The molecule has 0 saturated heterocycles. The lowest BCUT2D eigenvalue weighted by Crippen LogP contribution is -2.51. The summed E-state index contributed by atoms with van der Waals surface area (Å²) in [5.41, 5.74) is 7.58. The molecule has 3 amide bonds. The van der Waals surface area contributed by atoms with Gasteiger partial charge in [-0.3, -0.25) is 9.59 Å². The molecule has 0 aromatic carbocycles. The Bertz CT molecular complexity index is 1070. The number of nitrogens with one attached hydrogen (secondary N) is 2. The molecule has 4 aliphatic rings. The monoisotopic (exact) mass is 642 g/mol. The first-order valence-electron chi connectivity index (χ1n) is 19.0. The number of unbranched alkanes of at least 4 members (excludes halogenated alkanes) is 1. The highest BCUT2D eigenvalue weighted by molar-refractivity contribution is 5.76. The fourth-order valence-corrected chi connectivity index (χ4v) is 10.4. The average molecular weight is 642 g/mol. The van der Waals surface area contributed by atoms with Gasteiger partial charge in [-0.05, 0) is 111 Å². The standard InChI is InChI=1S/C39H67N3O4/c1-26(2)11-9-13-27(3)32-17-18-33-31-16-15-29-25-30(19-21-38(29,5)34(31)20-22-39(32,33)6)46-37(45)42-24-10-14-35(43)41-23-8-7-12-28(4)36(40)44/h15,26-28,30-34H,7-14,16-25H2,1-6H3,(H2,40,44)(H,41,43)(H,42,45)/t27-,28-,30?,31+,32?,33?,34?,38?,39?/m1/s1. The number of carbonyl (C=O) groups is 3. The van der Waals surface area contributed by atoms with Crippen LogP contribution in [0.5, 0.6) is 0 Å². The quantitative estimate of drug-likeness (QED) is 0.116. The Morgan fingerprint density at radius 3 is 2.39 bits per heavy atom. The van der Waals surface area contributed by atoms with Crippen LogP contribution in [0.15, 0.2) is 11.6 Å². The fourth-order valence-electron chi connectivity index (χ4n) is 10.4. The largest absolute Gasteiger partial charge is 0.446 e. The Morgan fingerprint density at radius 2 is 1.65 bits per heavy atom. The molecule has 0 radical (unpaired) electrons. The number of rotatable bonds is 16. The van der Waals surface area contributed by atoms with Crippen molar-refractivity contribution in [1.29, 1.82) is 0 Å². The van der Waals surface area contributed by atoms with Crippen molar-refractivity contribution < 1.29 is 19.1 Å². The summed E-state index contributed by atoms with van der Waals surface area (Å²) >= 11 is 0. The van der Waals surface area contributed by atoms with Gasteiger partial charge in [0.05, 0.1) is 0 Å². The third-order valence-corrected chi connectivity index (χ3v) is 13.3. The molecule has 0 aromatic heterocycles. The summed E-state index contributed by atoms with van der Waals surface area (Å²) in [5.74, 6) is 4.55. The highest BCUT2D eigenvalue weighted by Crippen LogP contribution is 2.67. The highest BCUT2D eigenvalue weighted by atomic mass is 16.6. The highest BCUT2D eigenvalue weighted by Gasteiger charge is 2.59. The predicted molar refractivity (Wildman–Crippen MR) is 186 cm³/mol. The third kappa shape index (κ3) is 8.89. The maximum absolute atomic E-state index is 12.6. The smallest absolute Gasteiger partial charge is 0.407 e. The number of nitrogens with two attached hydrogens (primary N) is 1. The summed E-state index contributed by atoms with van der Waals surface area (Å²) in [6, 6.07) is 0. The normalized spacial score (nSPS) is 33.2. The van der Waals surface area contributed by atoms with E-state index in [1.807, 2.05) is 6.92 Å². The molecule has 3 fully saturated rings. The Morgan fingerprint density at radius 1 is 0.891 bits per heavy atom. The predicted octanol–water partition coefficient (Wildman–Crippen LogP) is 8.31. The van der Waals surface area contributed by atoms with Crippen molar-refractivity contribution in [3.63, 3.8) is 0 Å². The molecule has 0 aliphatic heterocycles. The number of hydrogen-bond acceptors (Lipinski definition) is 4. The molecule has 4 N–H and O–H groups in total. The molecule has 6 unspecified atom stereocenters. The van der Waals surface area contributed by atoms with Crippen molar-refractivity contribution in [1.82, 2.24) is 10.6 Å². The molecule has 0 aromatic rings. The Hall–Kier alpha value is -2.05. The summed E-state index contributed by atoms with van der Waals surface area (Å²) in [6.07, 6.45) is 19.4.